The number of carbonyl (C=O) groups is 1. The van der Waals surface area contributed by atoms with E-state index >= 15 is 0 Å². The molecule has 3 aromatic rings. The van der Waals surface area contributed by atoms with Gasteiger partial charge in [0.25, 0.3) is 10.0 Å². The normalized spacial score (nSPS) is 11.1. The van der Waals surface area contributed by atoms with Gasteiger partial charge in [-0.3, -0.25) is 9.10 Å². The second-order valence-electron chi connectivity index (χ2n) is 6.81. The fourth-order valence-corrected chi connectivity index (χ4v) is 4.56. The summed E-state index contributed by atoms with van der Waals surface area (Å²) in [5, 5.41) is 2.84. The zero-order valence-corrected chi connectivity index (χ0v) is 17.3. The van der Waals surface area contributed by atoms with Gasteiger partial charge < -0.3 is 5.32 Å². The number of hydrogen-bond donors (Lipinski definition) is 1. The van der Waals surface area contributed by atoms with E-state index in [1.54, 1.807) is 30.3 Å². The first-order valence-electron chi connectivity index (χ1n) is 9.34. The van der Waals surface area contributed by atoms with Crippen LogP contribution in [0.2, 0.25) is 0 Å². The minimum atomic E-state index is -3.89. The lowest BCUT2D eigenvalue weighted by atomic mass is 10.1. The lowest BCUT2D eigenvalue weighted by Gasteiger charge is -2.25. The molecule has 150 valence electrons. The van der Waals surface area contributed by atoms with Crippen molar-refractivity contribution in [2.45, 2.75) is 25.3 Å². The van der Waals surface area contributed by atoms with E-state index in [2.05, 4.69) is 5.32 Å². The lowest BCUT2D eigenvalue weighted by Crippen LogP contribution is -2.41. The molecule has 6 heteroatoms. The van der Waals surface area contributed by atoms with Gasteiger partial charge in [0.2, 0.25) is 5.91 Å². The van der Waals surface area contributed by atoms with Crippen molar-refractivity contribution in [1.82, 2.24) is 5.32 Å². The molecule has 0 spiro atoms. The molecule has 5 nitrogen and oxygen atoms in total. The first-order valence-corrected chi connectivity index (χ1v) is 10.8. The number of rotatable bonds is 7. The van der Waals surface area contributed by atoms with Crippen LogP contribution in [0.3, 0.4) is 0 Å². The summed E-state index contributed by atoms with van der Waals surface area (Å²) in [6.45, 7) is 3.85. The molecule has 0 fully saturated rings. The summed E-state index contributed by atoms with van der Waals surface area (Å²) in [7, 11) is -3.89. The second kappa shape index (κ2) is 8.92. The number of carbonyl (C=O) groups excluding carboxylic acids is 1. The van der Waals surface area contributed by atoms with E-state index in [1.807, 2.05) is 50.2 Å². The SMILES string of the molecule is Cc1ccccc1CNC(=O)CN(c1ccccc1C)S(=O)(=O)c1ccccc1. The Labute approximate surface area is 172 Å². The minimum absolute atomic E-state index is 0.148. The van der Waals surface area contributed by atoms with Gasteiger partial charge in [-0.1, -0.05) is 60.7 Å². The van der Waals surface area contributed by atoms with Crippen LogP contribution in [0, 0.1) is 13.8 Å². The highest BCUT2D eigenvalue weighted by atomic mass is 32.2. The Kier molecular flexibility index (Phi) is 6.34. The third-order valence-electron chi connectivity index (χ3n) is 4.74. The molecular weight excluding hydrogens is 384 g/mol. The summed E-state index contributed by atoms with van der Waals surface area (Å²) in [5.41, 5.74) is 3.33. The number of amides is 1. The zero-order valence-electron chi connectivity index (χ0n) is 16.5. The van der Waals surface area contributed by atoms with E-state index < -0.39 is 10.0 Å². The van der Waals surface area contributed by atoms with Crippen LogP contribution in [0.1, 0.15) is 16.7 Å². The highest BCUT2D eigenvalue weighted by Gasteiger charge is 2.27. The number of aryl methyl sites for hydroxylation is 2. The van der Waals surface area contributed by atoms with Gasteiger partial charge in [-0.05, 0) is 48.7 Å². The molecule has 0 aromatic heterocycles. The first kappa shape index (κ1) is 20.6. The molecule has 0 atom stereocenters. The van der Waals surface area contributed by atoms with Gasteiger partial charge in [0.05, 0.1) is 10.6 Å². The number of hydrogen-bond acceptors (Lipinski definition) is 3. The quantitative estimate of drug-likeness (QED) is 0.646. The average molecular weight is 409 g/mol. The van der Waals surface area contributed by atoms with Crippen molar-refractivity contribution in [3.05, 3.63) is 95.6 Å². The molecule has 0 radical (unpaired) electrons. The topological polar surface area (TPSA) is 66.5 Å². The molecule has 0 bridgehead atoms. The highest BCUT2D eigenvalue weighted by molar-refractivity contribution is 7.92. The molecule has 0 saturated heterocycles. The maximum Gasteiger partial charge on any atom is 0.264 e. The Bertz CT molecular complexity index is 1100. The van der Waals surface area contributed by atoms with Crippen molar-refractivity contribution < 1.29 is 13.2 Å². The van der Waals surface area contributed by atoms with E-state index in [9.17, 15) is 13.2 Å². The number of nitrogens with one attached hydrogen (secondary N) is 1. The van der Waals surface area contributed by atoms with Crippen LogP contribution in [0.5, 0.6) is 0 Å². The molecule has 0 aliphatic carbocycles. The molecule has 0 heterocycles. The summed E-state index contributed by atoms with van der Waals surface area (Å²) in [5.74, 6) is -0.365. The summed E-state index contributed by atoms with van der Waals surface area (Å²) in [6, 6.07) is 23.1. The third kappa shape index (κ3) is 4.84. The van der Waals surface area contributed by atoms with Crippen molar-refractivity contribution in [3.8, 4) is 0 Å². The molecule has 1 N–H and O–H groups in total. The molecule has 0 unspecified atom stereocenters. The monoisotopic (exact) mass is 408 g/mol. The first-order chi connectivity index (χ1) is 13.9. The maximum absolute atomic E-state index is 13.3. The zero-order chi connectivity index (χ0) is 20.9. The van der Waals surface area contributed by atoms with E-state index in [0.29, 0.717) is 12.2 Å². The minimum Gasteiger partial charge on any atom is -0.350 e. The standard InChI is InChI=1S/C23H24N2O3S/c1-18-10-6-8-12-20(18)16-24-23(26)17-25(22-15-9-7-11-19(22)2)29(27,28)21-13-4-3-5-14-21/h3-15H,16-17H2,1-2H3,(H,24,26). The van der Waals surface area contributed by atoms with Crippen LogP contribution in [0.4, 0.5) is 5.69 Å². The van der Waals surface area contributed by atoms with Gasteiger partial charge in [-0.15, -0.1) is 0 Å². The van der Waals surface area contributed by atoms with Crippen molar-refractivity contribution in [1.29, 1.82) is 0 Å². The van der Waals surface area contributed by atoms with E-state index in [1.165, 1.54) is 16.4 Å². The molecule has 1 amide bonds. The van der Waals surface area contributed by atoms with Crippen LogP contribution in [0.25, 0.3) is 0 Å². The molecule has 0 saturated carbocycles. The second-order valence-corrected chi connectivity index (χ2v) is 8.68. The fourth-order valence-electron chi connectivity index (χ4n) is 3.05. The van der Waals surface area contributed by atoms with Gasteiger partial charge in [0.15, 0.2) is 0 Å². The van der Waals surface area contributed by atoms with Crippen molar-refractivity contribution in [2.75, 3.05) is 10.8 Å². The fraction of sp³-hybridized carbons (Fsp3) is 0.174. The van der Waals surface area contributed by atoms with Crippen molar-refractivity contribution >= 4 is 21.6 Å². The molecule has 0 aliphatic heterocycles. The summed E-state index contributed by atoms with van der Waals surface area (Å²) >= 11 is 0. The number of nitrogens with zero attached hydrogens (tertiary/aromatic N) is 1. The van der Waals surface area contributed by atoms with Crippen LogP contribution < -0.4 is 9.62 Å². The van der Waals surface area contributed by atoms with Crippen LogP contribution in [0.15, 0.2) is 83.8 Å². The third-order valence-corrected chi connectivity index (χ3v) is 6.51. The van der Waals surface area contributed by atoms with Gasteiger partial charge >= 0.3 is 0 Å². The van der Waals surface area contributed by atoms with E-state index in [-0.39, 0.29) is 17.3 Å². The predicted octanol–water partition coefficient (Wildman–Crippen LogP) is 3.82. The molecule has 29 heavy (non-hydrogen) atoms. The Morgan fingerprint density at radius 1 is 0.828 bits per heavy atom. The maximum atomic E-state index is 13.3. The Morgan fingerprint density at radius 3 is 2.07 bits per heavy atom. The van der Waals surface area contributed by atoms with E-state index in [0.717, 1.165) is 16.7 Å². The van der Waals surface area contributed by atoms with Crippen molar-refractivity contribution in [3.63, 3.8) is 0 Å². The Morgan fingerprint density at radius 2 is 1.41 bits per heavy atom. The summed E-state index contributed by atoms with van der Waals surface area (Å²) in [6.07, 6.45) is 0. The van der Waals surface area contributed by atoms with Crippen LogP contribution in [-0.2, 0) is 21.4 Å². The van der Waals surface area contributed by atoms with Crippen LogP contribution >= 0.6 is 0 Å². The molecule has 3 rings (SSSR count). The average Bonchev–Trinajstić information content (AvgIpc) is 2.72. The largest absolute Gasteiger partial charge is 0.350 e. The predicted molar refractivity (Wildman–Crippen MR) is 115 cm³/mol. The Hall–Kier alpha value is -3.12. The molecule has 3 aromatic carbocycles. The van der Waals surface area contributed by atoms with Crippen molar-refractivity contribution in [2.24, 2.45) is 0 Å². The van der Waals surface area contributed by atoms with Gasteiger partial charge in [0, 0.05) is 6.54 Å². The lowest BCUT2D eigenvalue weighted by molar-refractivity contribution is -0.119. The molecule has 0 aliphatic rings. The number of para-hydroxylation sites is 1. The van der Waals surface area contributed by atoms with Gasteiger partial charge in [-0.25, -0.2) is 8.42 Å². The highest BCUT2D eigenvalue weighted by Crippen LogP contribution is 2.26. The summed E-state index contributed by atoms with van der Waals surface area (Å²) in [4.78, 5) is 12.8. The number of benzene rings is 3. The van der Waals surface area contributed by atoms with E-state index in [4.69, 9.17) is 0 Å². The van der Waals surface area contributed by atoms with Gasteiger partial charge in [-0.2, -0.15) is 0 Å². The number of sulfonamides is 1. The van der Waals surface area contributed by atoms with Gasteiger partial charge in [0.1, 0.15) is 6.54 Å². The molecular formula is C23H24N2O3S. The summed E-state index contributed by atoms with van der Waals surface area (Å²) < 4.78 is 27.8. The van der Waals surface area contributed by atoms with Crippen LogP contribution in [-0.4, -0.2) is 20.9 Å². The smallest absolute Gasteiger partial charge is 0.264 e. The number of anilines is 1. The Balaban J connectivity index is 1.87.